The molecule has 0 unspecified atom stereocenters. The van der Waals surface area contributed by atoms with Crippen LogP contribution in [0.25, 0.3) is 0 Å². The second kappa shape index (κ2) is 6.15. The Bertz CT molecular complexity index is 685. The van der Waals surface area contributed by atoms with Gasteiger partial charge in [0.05, 0.1) is 31.4 Å². The number of rotatable bonds is 3. The van der Waals surface area contributed by atoms with E-state index in [9.17, 15) is 4.39 Å². The molecule has 0 saturated carbocycles. The zero-order valence-corrected chi connectivity index (χ0v) is 13.3. The molecule has 1 heterocycles. The van der Waals surface area contributed by atoms with Gasteiger partial charge in [0, 0.05) is 12.0 Å². The van der Waals surface area contributed by atoms with Crippen molar-refractivity contribution < 1.29 is 19.2 Å². The third-order valence-electron chi connectivity index (χ3n) is 4.11. The molecule has 116 valence electrons. The van der Waals surface area contributed by atoms with E-state index in [0.717, 1.165) is 24.1 Å². The van der Waals surface area contributed by atoms with Gasteiger partial charge in [-0.3, -0.25) is 0 Å². The summed E-state index contributed by atoms with van der Waals surface area (Å²) in [6.07, 6.45) is 0.901. The van der Waals surface area contributed by atoms with Gasteiger partial charge in [-0.1, -0.05) is 17.7 Å². The summed E-state index contributed by atoms with van der Waals surface area (Å²) in [6, 6.07) is 8.53. The van der Waals surface area contributed by atoms with Crippen molar-refractivity contribution in [1.82, 2.24) is 0 Å². The minimum absolute atomic E-state index is 0.169. The summed E-state index contributed by atoms with van der Waals surface area (Å²) in [5.41, 5.74) is 2.69. The fraction of sp³-hybridized carbons (Fsp3) is 0.294. The highest BCUT2D eigenvalue weighted by atomic mass is 35.5. The first-order valence-electron chi connectivity index (χ1n) is 7.17. The van der Waals surface area contributed by atoms with Crippen LogP contribution < -0.4 is 14.8 Å². The Morgan fingerprint density at radius 1 is 1.18 bits per heavy atom. The number of hydrogen-bond donors (Lipinski definition) is 1. The third kappa shape index (κ3) is 2.53. The Morgan fingerprint density at radius 3 is 2.59 bits per heavy atom. The van der Waals surface area contributed by atoms with Crippen LogP contribution in [0.1, 0.15) is 22.7 Å². The molecule has 1 atom stereocenters. The first-order valence-corrected chi connectivity index (χ1v) is 7.55. The third-order valence-corrected chi connectivity index (χ3v) is 4.44. The SMILES string of the molecule is COc1cc2c(cc1OC)[C@@H](c1c(F)cccc1Cl)[NH2+]CC2. The maximum absolute atomic E-state index is 14.3. The summed E-state index contributed by atoms with van der Waals surface area (Å²) in [5, 5.41) is 2.56. The lowest BCUT2D eigenvalue weighted by atomic mass is 9.89. The Labute approximate surface area is 134 Å². The minimum Gasteiger partial charge on any atom is -0.493 e. The fourth-order valence-corrected chi connectivity index (χ4v) is 3.34. The summed E-state index contributed by atoms with van der Waals surface area (Å²) < 4.78 is 25.0. The molecule has 0 aromatic heterocycles. The van der Waals surface area contributed by atoms with Crippen LogP contribution in [0.15, 0.2) is 30.3 Å². The van der Waals surface area contributed by atoms with Crippen LogP contribution in [-0.2, 0) is 6.42 Å². The van der Waals surface area contributed by atoms with E-state index in [1.165, 1.54) is 6.07 Å². The van der Waals surface area contributed by atoms with E-state index in [0.29, 0.717) is 22.1 Å². The number of halogens is 2. The van der Waals surface area contributed by atoms with Gasteiger partial charge in [-0.2, -0.15) is 0 Å². The van der Waals surface area contributed by atoms with Crippen molar-refractivity contribution in [1.29, 1.82) is 0 Å². The van der Waals surface area contributed by atoms with E-state index in [4.69, 9.17) is 21.1 Å². The van der Waals surface area contributed by atoms with Gasteiger partial charge in [0.1, 0.15) is 11.9 Å². The highest BCUT2D eigenvalue weighted by Gasteiger charge is 2.30. The molecule has 5 heteroatoms. The maximum Gasteiger partial charge on any atom is 0.161 e. The molecular weight excluding hydrogens is 305 g/mol. The highest BCUT2D eigenvalue weighted by molar-refractivity contribution is 6.31. The van der Waals surface area contributed by atoms with Crippen LogP contribution in [0.3, 0.4) is 0 Å². The van der Waals surface area contributed by atoms with Crippen molar-refractivity contribution in [2.75, 3.05) is 20.8 Å². The van der Waals surface area contributed by atoms with Gasteiger partial charge in [-0.25, -0.2) is 4.39 Å². The lowest BCUT2D eigenvalue weighted by molar-refractivity contribution is -0.690. The molecule has 0 spiro atoms. The molecule has 0 saturated heterocycles. The predicted octanol–water partition coefficient (Wildman–Crippen LogP) is 2.71. The Balaban J connectivity index is 2.15. The van der Waals surface area contributed by atoms with Crippen LogP contribution in [0, 0.1) is 5.82 Å². The van der Waals surface area contributed by atoms with Gasteiger partial charge in [0.2, 0.25) is 0 Å². The molecule has 2 N–H and O–H groups in total. The van der Waals surface area contributed by atoms with Crippen molar-refractivity contribution in [3.05, 3.63) is 57.9 Å². The summed E-state index contributed by atoms with van der Waals surface area (Å²) in [5.74, 6) is 1.06. The summed E-state index contributed by atoms with van der Waals surface area (Å²) in [4.78, 5) is 0. The van der Waals surface area contributed by atoms with E-state index < -0.39 is 0 Å². The van der Waals surface area contributed by atoms with Gasteiger partial charge in [-0.15, -0.1) is 0 Å². The maximum atomic E-state index is 14.3. The lowest BCUT2D eigenvalue weighted by Crippen LogP contribution is -2.87. The van der Waals surface area contributed by atoms with Gasteiger partial charge < -0.3 is 14.8 Å². The average molecular weight is 323 g/mol. The molecule has 0 amide bonds. The number of methoxy groups -OCH3 is 2. The molecule has 1 aliphatic rings. The normalized spacial score (nSPS) is 17.0. The molecule has 3 rings (SSSR count). The summed E-state index contributed by atoms with van der Waals surface area (Å²) in [6.45, 7) is 0.873. The summed E-state index contributed by atoms with van der Waals surface area (Å²) in [7, 11) is 3.21. The second-order valence-electron chi connectivity index (χ2n) is 5.29. The fourth-order valence-electron chi connectivity index (χ4n) is 3.06. The number of fused-ring (bicyclic) bond motifs is 1. The van der Waals surface area contributed by atoms with Crippen LogP contribution in [-0.4, -0.2) is 20.8 Å². The van der Waals surface area contributed by atoms with Crippen molar-refractivity contribution >= 4 is 11.6 Å². The molecule has 0 radical (unpaired) electrons. The Hall–Kier alpha value is -1.78. The lowest BCUT2D eigenvalue weighted by Gasteiger charge is -2.26. The average Bonchev–Trinajstić information content (AvgIpc) is 2.53. The number of quaternary nitrogens is 1. The van der Waals surface area contributed by atoms with Gasteiger partial charge in [0.15, 0.2) is 11.5 Å². The van der Waals surface area contributed by atoms with Crippen molar-refractivity contribution in [3.63, 3.8) is 0 Å². The number of hydrogen-bond acceptors (Lipinski definition) is 2. The van der Waals surface area contributed by atoms with E-state index in [-0.39, 0.29) is 11.9 Å². The van der Waals surface area contributed by atoms with Crippen molar-refractivity contribution in [2.45, 2.75) is 12.5 Å². The largest absolute Gasteiger partial charge is 0.493 e. The first-order chi connectivity index (χ1) is 10.7. The molecule has 3 nitrogen and oxygen atoms in total. The monoisotopic (exact) mass is 322 g/mol. The molecule has 0 aliphatic carbocycles. The zero-order valence-electron chi connectivity index (χ0n) is 12.5. The quantitative estimate of drug-likeness (QED) is 0.943. The molecule has 0 bridgehead atoms. The topological polar surface area (TPSA) is 35.1 Å². The molecular formula is C17H18ClFNO2+. The van der Waals surface area contributed by atoms with Crippen LogP contribution in [0.5, 0.6) is 11.5 Å². The first kappa shape index (κ1) is 15.1. The van der Waals surface area contributed by atoms with E-state index in [2.05, 4.69) is 5.32 Å². The van der Waals surface area contributed by atoms with Crippen LogP contribution >= 0.6 is 11.6 Å². The van der Waals surface area contributed by atoms with Crippen molar-refractivity contribution in [2.24, 2.45) is 0 Å². The Morgan fingerprint density at radius 2 is 1.91 bits per heavy atom. The molecule has 22 heavy (non-hydrogen) atoms. The molecule has 2 aromatic rings. The minimum atomic E-state index is -0.281. The van der Waals surface area contributed by atoms with Crippen molar-refractivity contribution in [3.8, 4) is 11.5 Å². The predicted molar refractivity (Wildman–Crippen MR) is 83.3 cm³/mol. The summed E-state index contributed by atoms with van der Waals surface area (Å²) >= 11 is 6.25. The zero-order chi connectivity index (χ0) is 15.7. The molecule has 1 aliphatic heterocycles. The number of ether oxygens (including phenoxy) is 2. The standard InChI is InChI=1S/C17H17ClFNO2/c1-21-14-8-10-6-7-20-17(11(10)9-15(14)22-2)16-12(18)4-3-5-13(16)19/h3-5,8-9,17,20H,6-7H2,1-2H3/p+1/t17-/m0/s1. The van der Waals surface area contributed by atoms with Crippen LogP contribution in [0.4, 0.5) is 4.39 Å². The Kier molecular flexibility index (Phi) is 4.23. The number of benzene rings is 2. The molecule has 2 aromatic carbocycles. The smallest absolute Gasteiger partial charge is 0.161 e. The highest BCUT2D eigenvalue weighted by Crippen LogP contribution is 2.37. The van der Waals surface area contributed by atoms with Crippen LogP contribution in [0.2, 0.25) is 5.02 Å². The van der Waals surface area contributed by atoms with Gasteiger partial charge >= 0.3 is 0 Å². The van der Waals surface area contributed by atoms with E-state index in [1.54, 1.807) is 26.4 Å². The number of nitrogens with two attached hydrogens (primary N) is 1. The van der Waals surface area contributed by atoms with E-state index >= 15 is 0 Å². The van der Waals surface area contributed by atoms with E-state index in [1.807, 2.05) is 12.1 Å². The van der Waals surface area contributed by atoms with Gasteiger partial charge in [-0.05, 0) is 29.8 Å². The van der Waals surface area contributed by atoms with Gasteiger partial charge in [0.25, 0.3) is 0 Å². The second-order valence-corrected chi connectivity index (χ2v) is 5.70. The molecule has 0 fully saturated rings.